The minimum absolute atomic E-state index is 0.0522. The zero-order chi connectivity index (χ0) is 7.78. The van der Waals surface area contributed by atoms with Crippen LogP contribution in [0.3, 0.4) is 0 Å². The van der Waals surface area contributed by atoms with E-state index < -0.39 is 0 Å². The molecule has 0 aromatic carbocycles. The molecular formula is C7H11ClNO+. The molecule has 0 amide bonds. The highest BCUT2D eigenvalue weighted by atomic mass is 35.5. The molecule has 1 aromatic heterocycles. The Morgan fingerprint density at radius 2 is 2.10 bits per heavy atom. The second kappa shape index (κ2) is 2.27. The van der Waals surface area contributed by atoms with Crippen molar-refractivity contribution in [1.82, 2.24) is 0 Å². The largest absolute Gasteiger partial charge is 0.392 e. The number of hydrogen-bond donors (Lipinski definition) is 0. The highest BCUT2D eigenvalue weighted by Crippen LogP contribution is 2.08. The van der Waals surface area contributed by atoms with Crippen molar-refractivity contribution in [1.29, 1.82) is 0 Å². The molecule has 0 bridgehead atoms. The number of rotatable bonds is 0. The molecule has 0 aliphatic heterocycles. The summed E-state index contributed by atoms with van der Waals surface area (Å²) in [5.41, 5.74) is 0.0522. The van der Waals surface area contributed by atoms with E-state index in [1.54, 1.807) is 12.6 Å². The van der Waals surface area contributed by atoms with Crippen molar-refractivity contribution >= 4 is 11.6 Å². The van der Waals surface area contributed by atoms with Gasteiger partial charge in [-0.2, -0.15) is 4.57 Å². The monoisotopic (exact) mass is 160 g/mol. The summed E-state index contributed by atoms with van der Waals surface area (Å²) in [5.74, 6) is 0. The van der Waals surface area contributed by atoms with Crippen LogP contribution in [0.2, 0.25) is 5.22 Å². The van der Waals surface area contributed by atoms with Crippen LogP contribution in [-0.4, -0.2) is 0 Å². The molecule has 0 N–H and O–H groups in total. The molecule has 3 heteroatoms. The van der Waals surface area contributed by atoms with Gasteiger partial charge in [0.2, 0.25) is 6.20 Å². The summed E-state index contributed by atoms with van der Waals surface area (Å²) >= 11 is 5.58. The maximum atomic E-state index is 5.58. The summed E-state index contributed by atoms with van der Waals surface area (Å²) in [5, 5.41) is 0.426. The molecule has 1 heterocycles. The van der Waals surface area contributed by atoms with Crippen LogP contribution in [0.1, 0.15) is 20.8 Å². The average Bonchev–Trinajstić information content (AvgIpc) is 2.11. The highest BCUT2D eigenvalue weighted by Gasteiger charge is 2.23. The standard InChI is InChI=1S/C7H11ClNO/c1-7(2,3)9-4-6(8)10-5-9/h4-5H,1-3H3/q+1. The molecule has 0 fully saturated rings. The summed E-state index contributed by atoms with van der Waals surface area (Å²) in [6.07, 6.45) is 3.38. The lowest BCUT2D eigenvalue weighted by Gasteiger charge is -2.07. The van der Waals surface area contributed by atoms with E-state index in [-0.39, 0.29) is 5.54 Å². The number of aromatic nitrogens is 1. The predicted molar refractivity (Wildman–Crippen MR) is 38.9 cm³/mol. The quantitative estimate of drug-likeness (QED) is 0.531. The third kappa shape index (κ3) is 1.51. The third-order valence-electron chi connectivity index (χ3n) is 1.29. The third-order valence-corrected chi connectivity index (χ3v) is 1.48. The first-order valence-corrected chi connectivity index (χ1v) is 3.54. The van der Waals surface area contributed by atoms with Crippen molar-refractivity contribution in [2.45, 2.75) is 26.3 Å². The fourth-order valence-corrected chi connectivity index (χ4v) is 0.774. The number of oxazole rings is 1. The van der Waals surface area contributed by atoms with Gasteiger partial charge >= 0.3 is 6.39 Å². The Bertz CT molecular complexity index is 224. The first-order valence-electron chi connectivity index (χ1n) is 3.16. The smallest absolute Gasteiger partial charge is 0.336 e. The normalized spacial score (nSPS) is 12.0. The van der Waals surface area contributed by atoms with E-state index in [1.165, 1.54) is 0 Å². The van der Waals surface area contributed by atoms with Gasteiger partial charge in [-0.3, -0.25) is 0 Å². The van der Waals surface area contributed by atoms with E-state index in [2.05, 4.69) is 20.8 Å². The molecule has 2 nitrogen and oxygen atoms in total. The van der Waals surface area contributed by atoms with Crippen molar-refractivity contribution < 1.29 is 8.98 Å². The summed E-state index contributed by atoms with van der Waals surface area (Å²) < 4.78 is 6.85. The van der Waals surface area contributed by atoms with Crippen LogP contribution in [0, 0.1) is 0 Å². The highest BCUT2D eigenvalue weighted by molar-refractivity contribution is 6.28. The van der Waals surface area contributed by atoms with Crippen LogP contribution in [0.5, 0.6) is 0 Å². The van der Waals surface area contributed by atoms with Crippen molar-refractivity contribution in [3.63, 3.8) is 0 Å². The van der Waals surface area contributed by atoms with Gasteiger partial charge in [0.25, 0.3) is 5.22 Å². The molecule has 0 aliphatic carbocycles. The van der Waals surface area contributed by atoms with Gasteiger partial charge in [0.1, 0.15) is 0 Å². The Kier molecular flexibility index (Phi) is 1.73. The van der Waals surface area contributed by atoms with Crippen LogP contribution < -0.4 is 4.57 Å². The van der Waals surface area contributed by atoms with Gasteiger partial charge in [-0.1, -0.05) is 0 Å². The Morgan fingerprint density at radius 3 is 2.30 bits per heavy atom. The van der Waals surface area contributed by atoms with E-state index >= 15 is 0 Å². The summed E-state index contributed by atoms with van der Waals surface area (Å²) in [6, 6.07) is 0. The van der Waals surface area contributed by atoms with Crippen molar-refractivity contribution in [2.75, 3.05) is 0 Å². The first kappa shape index (κ1) is 7.61. The first-order chi connectivity index (χ1) is 4.50. The van der Waals surface area contributed by atoms with Crippen LogP contribution in [-0.2, 0) is 5.54 Å². The van der Waals surface area contributed by atoms with Gasteiger partial charge in [0.15, 0.2) is 5.54 Å². The van der Waals surface area contributed by atoms with Gasteiger partial charge in [-0.05, 0) is 11.6 Å². The molecule has 0 unspecified atom stereocenters. The van der Waals surface area contributed by atoms with Gasteiger partial charge in [0.05, 0.1) is 0 Å². The maximum absolute atomic E-state index is 5.58. The van der Waals surface area contributed by atoms with Crippen molar-refractivity contribution in [2.24, 2.45) is 0 Å². The molecule has 0 aliphatic rings. The predicted octanol–water partition coefficient (Wildman–Crippen LogP) is 1.98. The Labute approximate surface area is 65.4 Å². The second-order valence-electron chi connectivity index (χ2n) is 3.23. The molecular weight excluding hydrogens is 150 g/mol. The van der Waals surface area contributed by atoms with Gasteiger partial charge < -0.3 is 4.42 Å². The molecule has 1 rings (SSSR count). The molecule has 10 heavy (non-hydrogen) atoms. The lowest BCUT2D eigenvalue weighted by molar-refractivity contribution is -0.756. The minimum atomic E-state index is 0.0522. The molecule has 56 valence electrons. The van der Waals surface area contributed by atoms with E-state index in [1.807, 2.05) is 4.57 Å². The van der Waals surface area contributed by atoms with Crippen LogP contribution in [0.4, 0.5) is 0 Å². The molecule has 1 aromatic rings. The molecule has 0 saturated carbocycles. The van der Waals surface area contributed by atoms with Gasteiger partial charge in [0, 0.05) is 20.8 Å². The molecule has 0 spiro atoms. The SMILES string of the molecule is CC(C)(C)[n+]1coc(Cl)c1. The number of nitrogens with zero attached hydrogens (tertiary/aromatic N) is 1. The van der Waals surface area contributed by atoms with E-state index in [4.69, 9.17) is 16.0 Å². The van der Waals surface area contributed by atoms with Crippen molar-refractivity contribution in [3.05, 3.63) is 17.8 Å². The Hall–Kier alpha value is -0.500. The number of hydrogen-bond acceptors (Lipinski definition) is 1. The Balaban J connectivity index is 2.96. The molecule has 0 saturated heterocycles. The lowest BCUT2D eigenvalue weighted by Crippen LogP contribution is -2.48. The summed E-state index contributed by atoms with van der Waals surface area (Å²) in [4.78, 5) is 0. The van der Waals surface area contributed by atoms with Gasteiger partial charge in [-0.15, -0.1) is 0 Å². The van der Waals surface area contributed by atoms with Crippen LogP contribution in [0.15, 0.2) is 17.0 Å². The summed E-state index contributed by atoms with van der Waals surface area (Å²) in [6.45, 7) is 6.25. The Morgan fingerprint density at radius 1 is 1.50 bits per heavy atom. The van der Waals surface area contributed by atoms with E-state index in [9.17, 15) is 0 Å². The molecule has 0 radical (unpaired) electrons. The zero-order valence-corrected chi connectivity index (χ0v) is 7.14. The maximum Gasteiger partial charge on any atom is 0.336 e. The number of halogens is 1. The lowest BCUT2D eigenvalue weighted by atomic mass is 10.1. The minimum Gasteiger partial charge on any atom is -0.392 e. The summed E-state index contributed by atoms with van der Waals surface area (Å²) in [7, 11) is 0. The van der Waals surface area contributed by atoms with E-state index in [0.717, 1.165) is 0 Å². The van der Waals surface area contributed by atoms with Crippen molar-refractivity contribution in [3.8, 4) is 0 Å². The van der Waals surface area contributed by atoms with Crippen LogP contribution in [0.25, 0.3) is 0 Å². The zero-order valence-electron chi connectivity index (χ0n) is 6.39. The fraction of sp³-hybridized carbons (Fsp3) is 0.571. The van der Waals surface area contributed by atoms with Gasteiger partial charge in [-0.25, -0.2) is 0 Å². The molecule has 0 atom stereocenters. The topological polar surface area (TPSA) is 17.0 Å². The van der Waals surface area contributed by atoms with Crippen LogP contribution >= 0.6 is 11.6 Å². The van der Waals surface area contributed by atoms with E-state index in [0.29, 0.717) is 5.22 Å². The second-order valence-corrected chi connectivity index (χ2v) is 3.61. The average molecular weight is 161 g/mol. The fourth-order valence-electron chi connectivity index (χ4n) is 0.629.